The van der Waals surface area contributed by atoms with E-state index < -0.39 is 5.97 Å². The Bertz CT molecular complexity index is 484. The Balaban J connectivity index is 2.38. The van der Waals surface area contributed by atoms with Crippen molar-refractivity contribution in [3.8, 4) is 0 Å². The summed E-state index contributed by atoms with van der Waals surface area (Å²) >= 11 is 1.60. The number of esters is 1. The van der Waals surface area contributed by atoms with Gasteiger partial charge in [-0.2, -0.15) is 0 Å². The molecule has 0 atom stereocenters. The smallest absolute Gasteiger partial charge is 0.306 e. The molecule has 1 aromatic carbocycles. The van der Waals surface area contributed by atoms with Crippen molar-refractivity contribution < 1.29 is 19.1 Å². The first-order valence-electron chi connectivity index (χ1n) is 6.10. The average molecular weight is 295 g/mol. The van der Waals surface area contributed by atoms with E-state index in [-0.39, 0.29) is 31.1 Å². The topological polar surface area (TPSA) is 72.5 Å². The van der Waals surface area contributed by atoms with Crippen molar-refractivity contribution in [1.29, 1.82) is 0 Å². The van der Waals surface area contributed by atoms with Gasteiger partial charge in [0.05, 0.1) is 6.42 Å². The van der Waals surface area contributed by atoms with Crippen molar-refractivity contribution in [2.75, 3.05) is 19.9 Å². The van der Waals surface area contributed by atoms with Crippen molar-refractivity contribution >= 4 is 29.4 Å². The molecule has 1 amide bonds. The molecule has 5 nitrogen and oxygen atoms in total. The van der Waals surface area contributed by atoms with Crippen LogP contribution in [0, 0.1) is 0 Å². The zero-order valence-electron chi connectivity index (χ0n) is 11.5. The van der Waals surface area contributed by atoms with Gasteiger partial charge in [-0.25, -0.2) is 0 Å². The number of nitrogens with one attached hydrogen (secondary N) is 1. The number of carbonyl (C=O) groups is 3. The molecule has 0 saturated heterocycles. The van der Waals surface area contributed by atoms with Crippen LogP contribution in [0.4, 0.5) is 0 Å². The van der Waals surface area contributed by atoms with Crippen molar-refractivity contribution in [1.82, 2.24) is 5.32 Å². The number of ketones is 1. The number of amides is 1. The van der Waals surface area contributed by atoms with E-state index in [1.807, 2.05) is 18.4 Å². The monoisotopic (exact) mass is 295 g/mol. The quantitative estimate of drug-likeness (QED) is 0.470. The maximum absolute atomic E-state index is 11.8. The molecular formula is C14H17NO4S. The molecule has 0 radical (unpaired) electrons. The zero-order valence-corrected chi connectivity index (χ0v) is 12.3. The van der Waals surface area contributed by atoms with Gasteiger partial charge in [0.25, 0.3) is 5.91 Å². The summed E-state index contributed by atoms with van der Waals surface area (Å²) < 4.78 is 4.71. The lowest BCUT2D eigenvalue weighted by atomic mass is 10.1. The van der Waals surface area contributed by atoms with E-state index in [0.717, 1.165) is 4.90 Å². The molecule has 1 rings (SSSR count). The van der Waals surface area contributed by atoms with Gasteiger partial charge in [0.15, 0.2) is 12.4 Å². The Labute approximate surface area is 122 Å². The van der Waals surface area contributed by atoms with E-state index in [1.165, 1.54) is 7.05 Å². The number of likely N-dealkylation sites (N-methyl/N-ethyl adjacent to an activating group) is 1. The van der Waals surface area contributed by atoms with Crippen LogP contribution in [0.3, 0.4) is 0 Å². The third kappa shape index (κ3) is 5.44. The lowest BCUT2D eigenvalue weighted by Gasteiger charge is -2.04. The molecule has 0 aromatic heterocycles. The summed E-state index contributed by atoms with van der Waals surface area (Å²) in [5, 5.41) is 2.34. The molecule has 0 fully saturated rings. The molecule has 1 aromatic rings. The van der Waals surface area contributed by atoms with Gasteiger partial charge in [0.1, 0.15) is 0 Å². The first kappa shape index (κ1) is 16.2. The number of hydrogen-bond donors (Lipinski definition) is 1. The summed E-state index contributed by atoms with van der Waals surface area (Å²) in [6, 6.07) is 7.21. The third-order valence-electron chi connectivity index (χ3n) is 2.61. The van der Waals surface area contributed by atoms with Crippen molar-refractivity contribution in [3.63, 3.8) is 0 Å². The second-order valence-electron chi connectivity index (χ2n) is 3.99. The highest BCUT2D eigenvalue weighted by atomic mass is 32.2. The summed E-state index contributed by atoms with van der Waals surface area (Å²) in [6.45, 7) is -0.314. The highest BCUT2D eigenvalue weighted by Crippen LogP contribution is 2.16. The predicted octanol–water partition coefficient (Wildman–Crippen LogP) is 1.66. The second-order valence-corrected chi connectivity index (χ2v) is 4.87. The van der Waals surface area contributed by atoms with Gasteiger partial charge in [-0.3, -0.25) is 14.4 Å². The van der Waals surface area contributed by atoms with E-state index in [0.29, 0.717) is 5.56 Å². The average Bonchev–Trinajstić information content (AvgIpc) is 2.50. The summed E-state index contributed by atoms with van der Waals surface area (Å²) in [7, 11) is 1.46. The zero-order chi connectivity index (χ0) is 15.0. The maximum atomic E-state index is 11.8. The van der Waals surface area contributed by atoms with Crippen LogP contribution >= 0.6 is 11.8 Å². The van der Waals surface area contributed by atoms with Crippen molar-refractivity contribution in [2.45, 2.75) is 17.7 Å². The van der Waals surface area contributed by atoms with Crippen molar-refractivity contribution in [2.24, 2.45) is 0 Å². The minimum Gasteiger partial charge on any atom is -0.456 e. The maximum Gasteiger partial charge on any atom is 0.306 e. The van der Waals surface area contributed by atoms with Crippen molar-refractivity contribution in [3.05, 3.63) is 29.8 Å². The Hall–Kier alpha value is -1.82. The Morgan fingerprint density at radius 3 is 2.35 bits per heavy atom. The van der Waals surface area contributed by atoms with E-state index in [2.05, 4.69) is 5.32 Å². The lowest BCUT2D eigenvalue weighted by molar-refractivity contribution is -0.148. The third-order valence-corrected chi connectivity index (χ3v) is 3.35. The summed E-state index contributed by atoms with van der Waals surface area (Å²) in [5.74, 6) is -1.05. The molecule has 0 unspecified atom stereocenters. The van der Waals surface area contributed by atoms with Crippen LogP contribution in [0.15, 0.2) is 29.2 Å². The molecule has 0 aliphatic carbocycles. The standard InChI is InChI=1S/C14H17NO4S/c1-15-13(17)9-19-14(18)8-7-12(16)10-3-5-11(20-2)6-4-10/h3-6H,7-9H2,1-2H3,(H,15,17). The molecule has 0 aliphatic heterocycles. The second kappa shape index (κ2) is 8.37. The summed E-state index contributed by atoms with van der Waals surface area (Å²) in [4.78, 5) is 35.1. The number of ether oxygens (including phenoxy) is 1. The highest BCUT2D eigenvalue weighted by Gasteiger charge is 2.11. The number of benzene rings is 1. The van der Waals surface area contributed by atoms with E-state index in [4.69, 9.17) is 4.74 Å². The Kier molecular flexibility index (Phi) is 6.79. The van der Waals surface area contributed by atoms with Crippen LogP contribution in [0.25, 0.3) is 0 Å². The SMILES string of the molecule is CNC(=O)COC(=O)CCC(=O)c1ccc(SC)cc1. The van der Waals surface area contributed by atoms with Crippen LogP contribution in [-0.4, -0.2) is 37.6 Å². The number of Topliss-reactive ketones (excluding diaryl/α,β-unsaturated/α-hetero) is 1. The Morgan fingerprint density at radius 1 is 1.15 bits per heavy atom. The normalized spacial score (nSPS) is 9.90. The molecular weight excluding hydrogens is 278 g/mol. The van der Waals surface area contributed by atoms with Crippen LogP contribution in [-0.2, 0) is 14.3 Å². The van der Waals surface area contributed by atoms with Gasteiger partial charge in [-0.15, -0.1) is 11.8 Å². The van der Waals surface area contributed by atoms with Gasteiger partial charge in [-0.05, 0) is 18.4 Å². The number of thioether (sulfide) groups is 1. The fourth-order valence-corrected chi connectivity index (χ4v) is 1.84. The lowest BCUT2D eigenvalue weighted by Crippen LogP contribution is -2.25. The number of carbonyl (C=O) groups excluding carboxylic acids is 3. The summed E-state index contributed by atoms with van der Waals surface area (Å²) in [6.07, 6.45) is 2.00. The first-order valence-corrected chi connectivity index (χ1v) is 7.32. The number of rotatable bonds is 7. The molecule has 0 bridgehead atoms. The minimum atomic E-state index is -0.553. The molecule has 0 aliphatic rings. The molecule has 20 heavy (non-hydrogen) atoms. The predicted molar refractivity (Wildman–Crippen MR) is 76.8 cm³/mol. The molecule has 108 valence electrons. The van der Waals surface area contributed by atoms with E-state index in [9.17, 15) is 14.4 Å². The van der Waals surface area contributed by atoms with Gasteiger partial charge in [0.2, 0.25) is 0 Å². The molecule has 0 heterocycles. The van der Waals surface area contributed by atoms with E-state index in [1.54, 1.807) is 23.9 Å². The van der Waals surface area contributed by atoms with Gasteiger partial charge in [0, 0.05) is 23.9 Å². The molecule has 6 heteroatoms. The van der Waals surface area contributed by atoms with Crippen LogP contribution in [0.2, 0.25) is 0 Å². The van der Waals surface area contributed by atoms with Crippen LogP contribution < -0.4 is 5.32 Å². The van der Waals surface area contributed by atoms with Crippen LogP contribution in [0.5, 0.6) is 0 Å². The largest absolute Gasteiger partial charge is 0.456 e. The molecule has 0 spiro atoms. The molecule has 0 saturated carbocycles. The highest BCUT2D eigenvalue weighted by molar-refractivity contribution is 7.98. The van der Waals surface area contributed by atoms with Crippen LogP contribution in [0.1, 0.15) is 23.2 Å². The number of hydrogen-bond acceptors (Lipinski definition) is 5. The fourth-order valence-electron chi connectivity index (χ4n) is 1.43. The summed E-state index contributed by atoms with van der Waals surface area (Å²) in [5.41, 5.74) is 0.571. The van der Waals surface area contributed by atoms with Gasteiger partial charge < -0.3 is 10.1 Å². The Morgan fingerprint density at radius 2 is 1.80 bits per heavy atom. The van der Waals surface area contributed by atoms with Gasteiger partial charge >= 0.3 is 5.97 Å². The van der Waals surface area contributed by atoms with E-state index >= 15 is 0 Å². The van der Waals surface area contributed by atoms with Gasteiger partial charge in [-0.1, -0.05) is 12.1 Å². The first-order chi connectivity index (χ1) is 9.56. The molecule has 1 N–H and O–H groups in total. The minimum absolute atomic E-state index is 0.0277. The fraction of sp³-hybridized carbons (Fsp3) is 0.357.